The highest BCUT2D eigenvalue weighted by molar-refractivity contribution is 7.99. The zero-order valence-electron chi connectivity index (χ0n) is 11.5. The molecule has 1 aliphatic heterocycles. The molecule has 1 aliphatic carbocycles. The zero-order valence-corrected chi connectivity index (χ0v) is 12.3. The topological polar surface area (TPSA) is 32.3 Å². The van der Waals surface area contributed by atoms with Crippen LogP contribution >= 0.6 is 11.8 Å². The summed E-state index contributed by atoms with van der Waals surface area (Å²) in [6.07, 6.45) is 7.52. The lowest BCUT2D eigenvalue weighted by molar-refractivity contribution is -0.131. The number of carbonyl (C=O) groups excluding carboxylic acids is 1. The second-order valence-corrected chi connectivity index (χ2v) is 6.87. The Labute approximate surface area is 115 Å². The molecule has 1 saturated carbocycles. The molecule has 0 aromatic rings. The van der Waals surface area contributed by atoms with Gasteiger partial charge in [0, 0.05) is 24.4 Å². The van der Waals surface area contributed by atoms with Crippen LogP contribution in [0, 0.1) is 0 Å². The Morgan fingerprint density at radius 3 is 2.72 bits per heavy atom. The van der Waals surface area contributed by atoms with Crippen LogP contribution in [0.5, 0.6) is 0 Å². The van der Waals surface area contributed by atoms with Crippen molar-refractivity contribution in [2.24, 2.45) is 0 Å². The molecule has 1 N–H and O–H groups in total. The molecule has 4 heteroatoms. The fraction of sp³-hybridized carbons (Fsp3) is 0.929. The maximum Gasteiger partial charge on any atom is 0.236 e. The van der Waals surface area contributed by atoms with Gasteiger partial charge in [0.1, 0.15) is 0 Å². The van der Waals surface area contributed by atoms with Gasteiger partial charge in [-0.15, -0.1) is 0 Å². The average Bonchev–Trinajstić information content (AvgIpc) is 2.85. The Balaban J connectivity index is 1.71. The van der Waals surface area contributed by atoms with Crippen LogP contribution in [-0.4, -0.2) is 47.5 Å². The van der Waals surface area contributed by atoms with Gasteiger partial charge >= 0.3 is 0 Å². The highest BCUT2D eigenvalue weighted by atomic mass is 32.2. The van der Waals surface area contributed by atoms with Crippen molar-refractivity contribution < 1.29 is 4.79 Å². The third-order valence-electron chi connectivity index (χ3n) is 4.06. The van der Waals surface area contributed by atoms with Crippen LogP contribution in [0.1, 0.15) is 45.4 Å². The van der Waals surface area contributed by atoms with Crippen LogP contribution in [0.3, 0.4) is 0 Å². The van der Waals surface area contributed by atoms with Gasteiger partial charge in [-0.1, -0.05) is 13.3 Å². The lowest BCUT2D eigenvalue weighted by atomic mass is 10.1. The molecule has 1 heterocycles. The van der Waals surface area contributed by atoms with Crippen LogP contribution in [0.25, 0.3) is 0 Å². The second kappa shape index (κ2) is 7.39. The van der Waals surface area contributed by atoms with Crippen LogP contribution in [-0.2, 0) is 4.79 Å². The lowest BCUT2D eigenvalue weighted by Crippen LogP contribution is -2.45. The van der Waals surface area contributed by atoms with E-state index in [2.05, 4.69) is 12.2 Å². The first-order valence-corrected chi connectivity index (χ1v) is 8.49. The van der Waals surface area contributed by atoms with Crippen molar-refractivity contribution in [1.29, 1.82) is 0 Å². The zero-order chi connectivity index (χ0) is 12.8. The third kappa shape index (κ3) is 3.89. The van der Waals surface area contributed by atoms with Gasteiger partial charge in [0.15, 0.2) is 0 Å². The van der Waals surface area contributed by atoms with Crippen LogP contribution < -0.4 is 5.32 Å². The summed E-state index contributed by atoms with van der Waals surface area (Å²) in [5.41, 5.74) is 0. The second-order valence-electron chi connectivity index (χ2n) is 5.35. The molecule has 0 aromatic heterocycles. The fourth-order valence-electron chi connectivity index (χ4n) is 3.05. The summed E-state index contributed by atoms with van der Waals surface area (Å²) in [5.74, 6) is 1.49. The van der Waals surface area contributed by atoms with E-state index in [0.29, 0.717) is 18.5 Å². The normalized spacial score (nSPS) is 28.6. The number of hydrogen-bond donors (Lipinski definition) is 1. The maximum absolute atomic E-state index is 12.1. The molecule has 0 bridgehead atoms. The number of nitrogens with one attached hydrogen (secondary N) is 1. The SMILES string of the molecule is CCSC1CCCC1NCC(=O)N1CCCCC1. The average molecular weight is 270 g/mol. The van der Waals surface area contributed by atoms with Gasteiger partial charge in [0.05, 0.1) is 6.54 Å². The van der Waals surface area contributed by atoms with Crippen LogP contribution in [0.4, 0.5) is 0 Å². The Hall–Kier alpha value is -0.220. The molecule has 18 heavy (non-hydrogen) atoms. The summed E-state index contributed by atoms with van der Waals surface area (Å²) in [7, 11) is 0. The summed E-state index contributed by atoms with van der Waals surface area (Å²) in [4.78, 5) is 14.1. The molecule has 104 valence electrons. The van der Waals surface area contributed by atoms with Crippen molar-refractivity contribution in [3.63, 3.8) is 0 Å². The van der Waals surface area contributed by atoms with Gasteiger partial charge in [0.2, 0.25) is 5.91 Å². The molecule has 2 rings (SSSR count). The van der Waals surface area contributed by atoms with Crippen molar-refractivity contribution in [2.75, 3.05) is 25.4 Å². The number of carbonyl (C=O) groups is 1. The van der Waals surface area contributed by atoms with E-state index in [1.165, 1.54) is 44.3 Å². The minimum atomic E-state index is 0.307. The molecule has 0 radical (unpaired) electrons. The summed E-state index contributed by atoms with van der Waals surface area (Å²) in [6, 6.07) is 0.559. The molecule has 0 spiro atoms. The van der Waals surface area contributed by atoms with E-state index in [1.807, 2.05) is 16.7 Å². The van der Waals surface area contributed by atoms with Crippen molar-refractivity contribution in [3.05, 3.63) is 0 Å². The van der Waals surface area contributed by atoms with Gasteiger partial charge in [0.25, 0.3) is 0 Å². The molecule has 1 saturated heterocycles. The lowest BCUT2D eigenvalue weighted by Gasteiger charge is -2.28. The van der Waals surface area contributed by atoms with Gasteiger partial charge < -0.3 is 10.2 Å². The largest absolute Gasteiger partial charge is 0.342 e. The van der Waals surface area contributed by atoms with Crippen molar-refractivity contribution in [3.8, 4) is 0 Å². The fourth-order valence-corrected chi connectivity index (χ4v) is 4.27. The summed E-state index contributed by atoms with van der Waals surface area (Å²) >= 11 is 2.05. The highest BCUT2D eigenvalue weighted by Crippen LogP contribution is 2.29. The predicted molar refractivity (Wildman–Crippen MR) is 78.0 cm³/mol. The smallest absolute Gasteiger partial charge is 0.236 e. The van der Waals surface area contributed by atoms with E-state index < -0.39 is 0 Å². The van der Waals surface area contributed by atoms with E-state index in [4.69, 9.17) is 0 Å². The van der Waals surface area contributed by atoms with Crippen molar-refractivity contribution in [2.45, 2.75) is 56.7 Å². The Bertz CT molecular complexity index is 267. The van der Waals surface area contributed by atoms with E-state index in [0.717, 1.165) is 18.3 Å². The monoisotopic (exact) mass is 270 g/mol. The number of rotatable bonds is 5. The molecule has 2 atom stereocenters. The van der Waals surface area contributed by atoms with Gasteiger partial charge in [-0.05, 0) is 37.9 Å². The van der Waals surface area contributed by atoms with Crippen LogP contribution in [0.2, 0.25) is 0 Å². The van der Waals surface area contributed by atoms with Gasteiger partial charge in [-0.25, -0.2) is 0 Å². The van der Waals surface area contributed by atoms with E-state index in [9.17, 15) is 4.79 Å². The Morgan fingerprint density at radius 2 is 2.00 bits per heavy atom. The number of likely N-dealkylation sites (tertiary alicyclic amines) is 1. The summed E-state index contributed by atoms with van der Waals surface area (Å²) in [5, 5.41) is 4.23. The predicted octanol–water partition coefficient (Wildman–Crippen LogP) is 2.26. The maximum atomic E-state index is 12.1. The molecule has 2 aliphatic rings. The molecule has 2 fully saturated rings. The molecular formula is C14H26N2OS. The van der Waals surface area contributed by atoms with E-state index in [1.54, 1.807) is 0 Å². The number of hydrogen-bond acceptors (Lipinski definition) is 3. The van der Waals surface area contributed by atoms with Gasteiger partial charge in [-0.3, -0.25) is 4.79 Å². The Morgan fingerprint density at radius 1 is 1.22 bits per heavy atom. The summed E-state index contributed by atoms with van der Waals surface area (Å²) in [6.45, 7) is 4.71. The number of thioether (sulfide) groups is 1. The Kier molecular flexibility index (Phi) is 5.83. The minimum absolute atomic E-state index is 0.307. The van der Waals surface area contributed by atoms with Crippen molar-refractivity contribution >= 4 is 17.7 Å². The minimum Gasteiger partial charge on any atom is -0.342 e. The number of nitrogens with zero attached hydrogens (tertiary/aromatic N) is 1. The summed E-state index contributed by atoms with van der Waals surface area (Å²) < 4.78 is 0. The number of amides is 1. The third-order valence-corrected chi connectivity index (χ3v) is 5.38. The van der Waals surface area contributed by atoms with E-state index >= 15 is 0 Å². The molecule has 3 nitrogen and oxygen atoms in total. The van der Waals surface area contributed by atoms with Crippen LogP contribution in [0.15, 0.2) is 0 Å². The first kappa shape index (κ1) is 14.2. The quantitative estimate of drug-likeness (QED) is 0.832. The first-order valence-electron chi connectivity index (χ1n) is 7.44. The molecule has 0 aromatic carbocycles. The van der Waals surface area contributed by atoms with Gasteiger partial charge in [-0.2, -0.15) is 11.8 Å². The standard InChI is InChI=1S/C14H26N2OS/c1-2-18-13-8-6-7-12(13)15-11-14(17)16-9-4-3-5-10-16/h12-13,15H,2-11H2,1H3. The van der Waals surface area contributed by atoms with E-state index in [-0.39, 0.29) is 0 Å². The first-order chi connectivity index (χ1) is 8.81. The van der Waals surface area contributed by atoms with Crippen molar-refractivity contribution in [1.82, 2.24) is 10.2 Å². The number of piperidine rings is 1. The molecule has 2 unspecified atom stereocenters. The molecule has 1 amide bonds. The highest BCUT2D eigenvalue weighted by Gasteiger charge is 2.27. The molecular weight excluding hydrogens is 244 g/mol.